The number of para-hydroxylation sites is 1. The maximum atomic E-state index is 11.9. The van der Waals surface area contributed by atoms with E-state index >= 15 is 0 Å². The summed E-state index contributed by atoms with van der Waals surface area (Å²) in [4.78, 5) is 23.6. The Morgan fingerprint density at radius 2 is 1.59 bits per heavy atom. The number of nitrogens with one attached hydrogen (secondary N) is 3. The first kappa shape index (κ1) is 16.3. The highest BCUT2D eigenvalue weighted by Crippen LogP contribution is 2.16. The zero-order valence-electron chi connectivity index (χ0n) is 12.9. The highest BCUT2D eigenvalue weighted by Gasteiger charge is 2.14. The normalized spacial score (nSPS) is 16.2. The Bertz CT molecular complexity index is 468. The molecule has 1 aliphatic rings. The van der Waals surface area contributed by atoms with Gasteiger partial charge in [0, 0.05) is 11.7 Å². The molecule has 2 rings (SSSR count). The minimum Gasteiger partial charge on any atom is -0.352 e. The van der Waals surface area contributed by atoms with Gasteiger partial charge < -0.3 is 16.0 Å². The van der Waals surface area contributed by atoms with Crippen LogP contribution in [0.15, 0.2) is 30.3 Å². The average molecular weight is 303 g/mol. The highest BCUT2D eigenvalue weighted by atomic mass is 16.2. The van der Waals surface area contributed by atoms with Crippen LogP contribution < -0.4 is 16.0 Å². The molecule has 3 N–H and O–H groups in total. The van der Waals surface area contributed by atoms with E-state index in [-0.39, 0.29) is 24.5 Å². The van der Waals surface area contributed by atoms with Crippen LogP contribution >= 0.6 is 0 Å². The first-order chi connectivity index (χ1) is 10.7. The number of carbonyl (C=O) groups is 2. The van der Waals surface area contributed by atoms with Gasteiger partial charge in [0.15, 0.2) is 0 Å². The van der Waals surface area contributed by atoms with E-state index in [0.717, 1.165) is 12.8 Å². The second kappa shape index (κ2) is 9.07. The number of rotatable bonds is 4. The summed E-state index contributed by atoms with van der Waals surface area (Å²) >= 11 is 0. The lowest BCUT2D eigenvalue weighted by atomic mass is 9.97. The summed E-state index contributed by atoms with van der Waals surface area (Å²) in [6.07, 6.45) is 8.25. The van der Waals surface area contributed by atoms with Gasteiger partial charge in [-0.3, -0.25) is 4.79 Å². The molecule has 0 heterocycles. The third kappa shape index (κ3) is 6.16. The lowest BCUT2D eigenvalue weighted by Crippen LogP contribution is -2.43. The van der Waals surface area contributed by atoms with Crippen molar-refractivity contribution in [3.63, 3.8) is 0 Å². The summed E-state index contributed by atoms with van der Waals surface area (Å²) in [6.45, 7) is 0.00909. The van der Waals surface area contributed by atoms with Crippen molar-refractivity contribution in [2.24, 2.45) is 0 Å². The van der Waals surface area contributed by atoms with Crippen LogP contribution in [0.25, 0.3) is 0 Å². The van der Waals surface area contributed by atoms with Crippen molar-refractivity contribution >= 4 is 17.6 Å². The number of hydrogen-bond donors (Lipinski definition) is 3. The van der Waals surface area contributed by atoms with E-state index in [2.05, 4.69) is 16.0 Å². The lowest BCUT2D eigenvalue weighted by molar-refractivity contribution is -0.120. The molecule has 0 atom stereocenters. The van der Waals surface area contributed by atoms with Crippen LogP contribution in [-0.4, -0.2) is 24.5 Å². The van der Waals surface area contributed by atoms with Gasteiger partial charge in [0.1, 0.15) is 0 Å². The Hall–Kier alpha value is -2.04. The number of amides is 3. The fourth-order valence-electron chi connectivity index (χ4n) is 2.74. The van der Waals surface area contributed by atoms with Gasteiger partial charge in [-0.1, -0.05) is 50.3 Å². The average Bonchev–Trinajstić information content (AvgIpc) is 2.49. The van der Waals surface area contributed by atoms with Crippen molar-refractivity contribution in [1.82, 2.24) is 10.6 Å². The van der Waals surface area contributed by atoms with Crippen LogP contribution in [0.5, 0.6) is 0 Å². The second-order valence-corrected chi connectivity index (χ2v) is 5.78. The third-order valence-corrected chi connectivity index (χ3v) is 3.91. The van der Waals surface area contributed by atoms with E-state index in [1.165, 1.54) is 32.1 Å². The van der Waals surface area contributed by atoms with Crippen LogP contribution in [0.2, 0.25) is 0 Å². The SMILES string of the molecule is O=C(CNC(=O)Nc1ccccc1)NC1CCCCCCC1. The number of carbonyl (C=O) groups excluding carboxylic acids is 2. The molecule has 5 nitrogen and oxygen atoms in total. The molecule has 0 spiro atoms. The van der Waals surface area contributed by atoms with Crippen molar-refractivity contribution in [3.8, 4) is 0 Å². The van der Waals surface area contributed by atoms with E-state index in [9.17, 15) is 9.59 Å². The van der Waals surface area contributed by atoms with E-state index in [4.69, 9.17) is 0 Å². The highest BCUT2D eigenvalue weighted by molar-refractivity contribution is 5.92. The first-order valence-corrected chi connectivity index (χ1v) is 8.13. The smallest absolute Gasteiger partial charge is 0.319 e. The summed E-state index contributed by atoms with van der Waals surface area (Å²) in [5.41, 5.74) is 0.709. The summed E-state index contributed by atoms with van der Waals surface area (Å²) in [5, 5.41) is 8.30. The lowest BCUT2D eigenvalue weighted by Gasteiger charge is -2.21. The van der Waals surface area contributed by atoms with Gasteiger partial charge in [-0.2, -0.15) is 0 Å². The summed E-state index contributed by atoms with van der Waals surface area (Å²) in [7, 11) is 0. The van der Waals surface area contributed by atoms with Crippen molar-refractivity contribution in [2.75, 3.05) is 11.9 Å². The van der Waals surface area contributed by atoms with Crippen molar-refractivity contribution in [2.45, 2.75) is 51.0 Å². The van der Waals surface area contributed by atoms with Crippen molar-refractivity contribution < 1.29 is 9.59 Å². The molecule has 0 radical (unpaired) electrons. The van der Waals surface area contributed by atoms with Gasteiger partial charge in [-0.05, 0) is 25.0 Å². The van der Waals surface area contributed by atoms with E-state index in [1.54, 1.807) is 12.1 Å². The molecule has 0 bridgehead atoms. The number of hydrogen-bond acceptors (Lipinski definition) is 2. The van der Waals surface area contributed by atoms with Crippen LogP contribution in [0, 0.1) is 0 Å². The minimum atomic E-state index is -0.362. The third-order valence-electron chi connectivity index (χ3n) is 3.91. The monoisotopic (exact) mass is 303 g/mol. The fraction of sp³-hybridized carbons (Fsp3) is 0.529. The standard InChI is InChI=1S/C17H25N3O2/c21-16(19-14-9-5-2-1-3-6-10-14)13-18-17(22)20-15-11-7-4-8-12-15/h4,7-8,11-12,14H,1-3,5-6,9-10,13H2,(H,19,21)(H2,18,20,22). The molecule has 1 aliphatic carbocycles. The molecule has 0 aliphatic heterocycles. The molecule has 3 amide bonds. The quantitative estimate of drug-likeness (QED) is 0.800. The molecule has 22 heavy (non-hydrogen) atoms. The Labute approximate surface area is 131 Å². The Morgan fingerprint density at radius 1 is 0.955 bits per heavy atom. The minimum absolute atomic E-state index is 0.00909. The number of anilines is 1. The molecule has 5 heteroatoms. The molecule has 1 saturated carbocycles. The molecule has 120 valence electrons. The van der Waals surface area contributed by atoms with E-state index in [1.807, 2.05) is 18.2 Å². The fourth-order valence-corrected chi connectivity index (χ4v) is 2.74. The molecule has 1 aromatic carbocycles. The van der Waals surface area contributed by atoms with Gasteiger partial charge >= 0.3 is 6.03 Å². The molecule has 0 unspecified atom stereocenters. The van der Waals surface area contributed by atoms with Gasteiger partial charge in [-0.15, -0.1) is 0 Å². The number of benzene rings is 1. The zero-order valence-corrected chi connectivity index (χ0v) is 12.9. The largest absolute Gasteiger partial charge is 0.352 e. The van der Waals surface area contributed by atoms with Crippen LogP contribution in [0.1, 0.15) is 44.9 Å². The van der Waals surface area contributed by atoms with Crippen LogP contribution in [-0.2, 0) is 4.79 Å². The van der Waals surface area contributed by atoms with Crippen LogP contribution in [0.3, 0.4) is 0 Å². The summed E-state index contributed by atoms with van der Waals surface area (Å²) in [5.74, 6) is -0.117. The molecule has 0 aromatic heterocycles. The summed E-state index contributed by atoms with van der Waals surface area (Å²) in [6, 6.07) is 9.06. The van der Waals surface area contributed by atoms with Gasteiger partial charge in [0.05, 0.1) is 6.54 Å². The number of urea groups is 1. The zero-order chi connectivity index (χ0) is 15.6. The van der Waals surface area contributed by atoms with Crippen LogP contribution in [0.4, 0.5) is 10.5 Å². The van der Waals surface area contributed by atoms with E-state index < -0.39 is 0 Å². The predicted molar refractivity (Wildman–Crippen MR) is 87.7 cm³/mol. The Balaban J connectivity index is 1.67. The van der Waals surface area contributed by atoms with Crippen molar-refractivity contribution in [1.29, 1.82) is 0 Å². The Kier molecular flexibility index (Phi) is 6.74. The maximum Gasteiger partial charge on any atom is 0.319 e. The molecular formula is C17H25N3O2. The molecule has 1 fully saturated rings. The molecular weight excluding hydrogens is 278 g/mol. The first-order valence-electron chi connectivity index (χ1n) is 8.13. The Morgan fingerprint density at radius 3 is 2.27 bits per heavy atom. The summed E-state index contributed by atoms with van der Waals surface area (Å²) < 4.78 is 0. The van der Waals surface area contributed by atoms with Gasteiger partial charge in [0.2, 0.25) is 5.91 Å². The van der Waals surface area contributed by atoms with Crippen molar-refractivity contribution in [3.05, 3.63) is 30.3 Å². The van der Waals surface area contributed by atoms with Gasteiger partial charge in [-0.25, -0.2) is 4.79 Å². The van der Waals surface area contributed by atoms with Gasteiger partial charge in [0.25, 0.3) is 0 Å². The van der Waals surface area contributed by atoms with E-state index in [0.29, 0.717) is 5.69 Å². The predicted octanol–water partition coefficient (Wildman–Crippen LogP) is 3.04. The topological polar surface area (TPSA) is 70.2 Å². The maximum absolute atomic E-state index is 11.9. The molecule has 1 aromatic rings. The second-order valence-electron chi connectivity index (χ2n) is 5.78. The molecule has 0 saturated heterocycles.